The lowest BCUT2D eigenvalue weighted by molar-refractivity contribution is -0.117. The van der Waals surface area contributed by atoms with Gasteiger partial charge in [0.2, 0.25) is 5.91 Å². The second-order valence-electron chi connectivity index (χ2n) is 10.2. The highest BCUT2D eigenvalue weighted by molar-refractivity contribution is 6.31. The third-order valence-electron chi connectivity index (χ3n) is 7.42. The van der Waals surface area contributed by atoms with E-state index in [4.69, 9.17) is 16.6 Å². The van der Waals surface area contributed by atoms with Gasteiger partial charge < -0.3 is 13.7 Å². The van der Waals surface area contributed by atoms with Crippen molar-refractivity contribution in [2.75, 3.05) is 11.4 Å². The summed E-state index contributed by atoms with van der Waals surface area (Å²) >= 11 is 5.91. The molecular formula is C27H24ClFN8O2. The number of halogens is 2. The van der Waals surface area contributed by atoms with Crippen LogP contribution in [0.2, 0.25) is 5.02 Å². The van der Waals surface area contributed by atoms with Gasteiger partial charge >= 0.3 is 0 Å². The first-order valence-electron chi connectivity index (χ1n) is 13.0. The number of hydrogen-bond acceptors (Lipinski definition) is 6. The highest BCUT2D eigenvalue weighted by atomic mass is 35.5. The van der Waals surface area contributed by atoms with Gasteiger partial charge in [0, 0.05) is 38.0 Å². The Labute approximate surface area is 227 Å². The number of ketones is 1. The molecule has 1 amide bonds. The van der Waals surface area contributed by atoms with Crippen LogP contribution < -0.4 is 4.90 Å². The fourth-order valence-electron chi connectivity index (χ4n) is 5.27. The fourth-order valence-corrected chi connectivity index (χ4v) is 5.41. The summed E-state index contributed by atoms with van der Waals surface area (Å²) < 4.78 is 19.6. The quantitative estimate of drug-likeness (QED) is 0.270. The first-order valence-corrected chi connectivity index (χ1v) is 13.4. The van der Waals surface area contributed by atoms with Crippen molar-refractivity contribution in [3.05, 3.63) is 76.7 Å². The molecule has 0 unspecified atom stereocenters. The van der Waals surface area contributed by atoms with E-state index in [1.807, 2.05) is 15.5 Å². The number of carbonyl (C=O) groups excluding carboxylic acids is 2. The Morgan fingerprint density at radius 3 is 2.85 bits per heavy atom. The summed E-state index contributed by atoms with van der Waals surface area (Å²) in [5, 5.41) is 8.19. The largest absolute Gasteiger partial charge is 0.309 e. The van der Waals surface area contributed by atoms with Gasteiger partial charge in [-0.1, -0.05) is 16.8 Å². The van der Waals surface area contributed by atoms with Crippen LogP contribution >= 0.6 is 11.6 Å². The maximum atomic E-state index is 14.5. The zero-order valence-electron chi connectivity index (χ0n) is 20.9. The molecule has 0 radical (unpaired) electrons. The number of fused-ring (bicyclic) bond motifs is 2. The zero-order chi connectivity index (χ0) is 26.7. The predicted octanol–water partition coefficient (Wildman–Crippen LogP) is 4.23. The average Bonchev–Trinajstić information content (AvgIpc) is 3.26. The molecule has 6 heterocycles. The number of aryl methyl sites for hydroxylation is 1. The van der Waals surface area contributed by atoms with E-state index in [0.717, 1.165) is 36.3 Å². The van der Waals surface area contributed by atoms with Crippen molar-refractivity contribution in [2.45, 2.75) is 51.0 Å². The average molecular weight is 547 g/mol. The van der Waals surface area contributed by atoms with Crippen LogP contribution in [0, 0.1) is 5.82 Å². The van der Waals surface area contributed by atoms with E-state index in [9.17, 15) is 14.0 Å². The number of hydrogen-bond donors (Lipinski definition) is 0. The molecule has 0 bridgehead atoms. The molecule has 1 saturated heterocycles. The lowest BCUT2D eigenvalue weighted by Crippen LogP contribution is -2.24. The highest BCUT2D eigenvalue weighted by Gasteiger charge is 2.29. The van der Waals surface area contributed by atoms with Crippen LogP contribution in [0.3, 0.4) is 0 Å². The molecule has 0 N–H and O–H groups in total. The number of nitrogens with zero attached hydrogens (tertiary/aromatic N) is 8. The molecule has 1 aliphatic heterocycles. The van der Waals surface area contributed by atoms with Gasteiger partial charge in [-0.2, -0.15) is 0 Å². The molecule has 1 saturated carbocycles. The first-order chi connectivity index (χ1) is 18.9. The van der Waals surface area contributed by atoms with E-state index < -0.39 is 5.82 Å². The van der Waals surface area contributed by atoms with Gasteiger partial charge in [-0.05, 0) is 49.3 Å². The Balaban J connectivity index is 1.09. The van der Waals surface area contributed by atoms with Crippen molar-refractivity contribution >= 4 is 40.1 Å². The maximum Gasteiger partial charge on any atom is 0.227 e. The molecular weight excluding hydrogens is 523 g/mol. The number of anilines is 1. The summed E-state index contributed by atoms with van der Waals surface area (Å²) in [5.74, 6) is -0.111. The van der Waals surface area contributed by atoms with E-state index in [2.05, 4.69) is 27.6 Å². The van der Waals surface area contributed by atoms with Crippen LogP contribution in [0.5, 0.6) is 0 Å². The minimum absolute atomic E-state index is 0.00776. The number of imidazole rings is 2. The van der Waals surface area contributed by atoms with Crippen LogP contribution in [-0.4, -0.2) is 52.0 Å². The number of rotatable bonds is 8. The molecule has 198 valence electrons. The summed E-state index contributed by atoms with van der Waals surface area (Å²) in [6.45, 7) is 1.03. The molecule has 12 heteroatoms. The SMILES string of the molecule is O=C(CCc1ncn2ccc(Cl)c(F)c12)c1cn(Cc2cn3cc(C4CC4)cc(N4CCCC4=O)c3n2)nn1. The Bertz CT molecular complexity index is 1770. The second kappa shape index (κ2) is 9.26. The van der Waals surface area contributed by atoms with Gasteiger partial charge in [-0.3, -0.25) is 9.59 Å². The molecule has 0 atom stereocenters. The number of aromatic nitrogens is 7. The van der Waals surface area contributed by atoms with Gasteiger partial charge in [-0.15, -0.1) is 5.10 Å². The van der Waals surface area contributed by atoms with Crippen LogP contribution in [0.4, 0.5) is 10.1 Å². The van der Waals surface area contributed by atoms with Crippen molar-refractivity contribution in [1.29, 1.82) is 0 Å². The molecule has 39 heavy (non-hydrogen) atoms. The van der Waals surface area contributed by atoms with E-state index >= 15 is 0 Å². The predicted molar refractivity (Wildman–Crippen MR) is 141 cm³/mol. The van der Waals surface area contributed by atoms with Crippen molar-refractivity contribution in [2.24, 2.45) is 0 Å². The van der Waals surface area contributed by atoms with Crippen LogP contribution in [0.25, 0.3) is 11.2 Å². The molecule has 5 aromatic rings. The minimum atomic E-state index is -0.556. The molecule has 0 spiro atoms. The summed E-state index contributed by atoms with van der Waals surface area (Å²) in [4.78, 5) is 36.2. The van der Waals surface area contributed by atoms with Crippen LogP contribution in [-0.2, 0) is 17.8 Å². The van der Waals surface area contributed by atoms with Crippen LogP contribution in [0.1, 0.15) is 65.5 Å². The van der Waals surface area contributed by atoms with Gasteiger partial charge in [0.05, 0.1) is 41.2 Å². The molecule has 2 fully saturated rings. The topological polar surface area (TPSA) is 103 Å². The molecule has 0 aromatic carbocycles. The number of pyridine rings is 2. The monoisotopic (exact) mass is 546 g/mol. The Kier molecular flexibility index (Phi) is 5.69. The lowest BCUT2D eigenvalue weighted by atomic mass is 10.1. The van der Waals surface area contributed by atoms with E-state index in [-0.39, 0.29) is 40.8 Å². The fraction of sp³-hybridized carbons (Fsp3) is 0.333. The third-order valence-corrected chi connectivity index (χ3v) is 7.71. The van der Waals surface area contributed by atoms with Crippen molar-refractivity contribution in [1.82, 2.24) is 33.8 Å². The molecule has 5 aromatic heterocycles. The Hall–Kier alpha value is -4.12. The van der Waals surface area contributed by atoms with Gasteiger partial charge in [0.15, 0.2) is 17.2 Å². The van der Waals surface area contributed by atoms with Crippen molar-refractivity contribution in [3.8, 4) is 0 Å². The van der Waals surface area contributed by atoms with Gasteiger partial charge in [0.25, 0.3) is 0 Å². The van der Waals surface area contributed by atoms with Crippen LogP contribution in [0.15, 0.2) is 43.2 Å². The van der Waals surface area contributed by atoms with Crippen molar-refractivity contribution < 1.29 is 14.0 Å². The number of carbonyl (C=O) groups is 2. The zero-order valence-corrected chi connectivity index (χ0v) is 21.7. The van der Waals surface area contributed by atoms with Crippen molar-refractivity contribution in [3.63, 3.8) is 0 Å². The molecule has 2 aliphatic rings. The van der Waals surface area contributed by atoms with E-state index in [0.29, 0.717) is 31.1 Å². The standard InChI is InChI=1S/C27H24ClFN8O2/c28-19-7-9-34-15-30-20(26(34)25(19)29)5-6-23(38)21-14-36(33-32-21)13-18-12-35-11-17(16-3-4-16)10-22(27(35)31-18)37-8-1-2-24(37)39/h7,9-12,14-16H,1-6,8,13H2. The molecule has 7 rings (SSSR count). The molecule has 1 aliphatic carbocycles. The summed E-state index contributed by atoms with van der Waals surface area (Å²) in [6, 6.07) is 3.57. The van der Waals surface area contributed by atoms with Gasteiger partial charge in [0.1, 0.15) is 11.2 Å². The van der Waals surface area contributed by atoms with Gasteiger partial charge in [-0.25, -0.2) is 19.0 Å². The lowest BCUT2D eigenvalue weighted by Gasteiger charge is -2.17. The Morgan fingerprint density at radius 1 is 1.18 bits per heavy atom. The number of amides is 1. The van der Waals surface area contributed by atoms with E-state index in [1.54, 1.807) is 21.5 Å². The normalized spacial score (nSPS) is 15.7. The minimum Gasteiger partial charge on any atom is -0.309 e. The number of Topliss-reactive ketones (excluding diaryl/α,β-unsaturated/α-hetero) is 1. The summed E-state index contributed by atoms with van der Waals surface area (Å²) in [6.07, 6.45) is 12.8. The highest BCUT2D eigenvalue weighted by Crippen LogP contribution is 2.42. The Morgan fingerprint density at radius 2 is 2.05 bits per heavy atom. The summed E-state index contributed by atoms with van der Waals surface area (Å²) in [7, 11) is 0. The molecule has 10 nitrogen and oxygen atoms in total. The first kappa shape index (κ1) is 24.0. The third kappa shape index (κ3) is 4.36. The maximum absolute atomic E-state index is 14.5. The van der Waals surface area contributed by atoms with E-state index in [1.165, 1.54) is 18.0 Å². The second-order valence-corrected chi connectivity index (χ2v) is 10.6. The summed E-state index contributed by atoms with van der Waals surface area (Å²) in [5.41, 5.74) is 4.51. The smallest absolute Gasteiger partial charge is 0.227 e.